The number of hydrogen-bond acceptors (Lipinski definition) is 5. The molecule has 2 aromatic carbocycles. The highest BCUT2D eigenvalue weighted by Crippen LogP contribution is 2.18. The first kappa shape index (κ1) is 22.3. The second kappa shape index (κ2) is 10.1. The standard InChI is InChI=1S/C24H26ClN3O4/c25-20-5-7-21(8-6-20)32-16-15-26-11-13-27(14-12-26)24(31)19-3-1-18(2-4-19)17-28-22(29)9-10-23(28)30/h1-8H,9-17H2. The van der Waals surface area contributed by atoms with Gasteiger partial charge in [0.1, 0.15) is 12.4 Å². The fourth-order valence-electron chi connectivity index (χ4n) is 3.92. The molecule has 0 saturated carbocycles. The molecule has 3 amide bonds. The van der Waals surface area contributed by atoms with Crippen LogP contribution in [0.3, 0.4) is 0 Å². The molecular weight excluding hydrogens is 430 g/mol. The van der Waals surface area contributed by atoms with Gasteiger partial charge >= 0.3 is 0 Å². The average molecular weight is 456 g/mol. The summed E-state index contributed by atoms with van der Waals surface area (Å²) in [5, 5.41) is 0.685. The third-order valence-electron chi connectivity index (χ3n) is 5.85. The topological polar surface area (TPSA) is 70.2 Å². The Balaban J connectivity index is 1.22. The normalized spacial score (nSPS) is 17.2. The first-order valence-corrected chi connectivity index (χ1v) is 11.2. The van der Waals surface area contributed by atoms with E-state index in [2.05, 4.69) is 4.90 Å². The van der Waals surface area contributed by atoms with Gasteiger partial charge in [-0.2, -0.15) is 0 Å². The smallest absolute Gasteiger partial charge is 0.253 e. The Hall–Kier alpha value is -2.90. The monoisotopic (exact) mass is 455 g/mol. The summed E-state index contributed by atoms with van der Waals surface area (Å²) in [4.78, 5) is 41.8. The SMILES string of the molecule is O=C(c1ccc(CN2C(=O)CCC2=O)cc1)N1CCN(CCOc2ccc(Cl)cc2)CC1. The second-order valence-electron chi connectivity index (χ2n) is 8.01. The number of imide groups is 1. The van der Waals surface area contributed by atoms with E-state index in [1.165, 1.54) is 4.90 Å². The molecule has 8 heteroatoms. The molecule has 2 heterocycles. The van der Waals surface area contributed by atoms with Gasteiger partial charge in [-0.05, 0) is 42.0 Å². The number of benzene rings is 2. The lowest BCUT2D eigenvalue weighted by Gasteiger charge is -2.34. The number of carbonyl (C=O) groups is 3. The maximum atomic E-state index is 12.8. The quantitative estimate of drug-likeness (QED) is 0.600. The van der Waals surface area contributed by atoms with Crippen LogP contribution >= 0.6 is 11.6 Å². The van der Waals surface area contributed by atoms with Crippen molar-refractivity contribution in [1.82, 2.24) is 14.7 Å². The lowest BCUT2D eigenvalue weighted by Crippen LogP contribution is -2.49. The van der Waals surface area contributed by atoms with E-state index in [1.807, 2.05) is 29.2 Å². The van der Waals surface area contributed by atoms with E-state index < -0.39 is 0 Å². The number of rotatable bonds is 7. The van der Waals surface area contributed by atoms with E-state index in [4.69, 9.17) is 16.3 Å². The fourth-order valence-corrected chi connectivity index (χ4v) is 4.04. The molecule has 0 spiro atoms. The Morgan fingerprint density at radius 2 is 1.50 bits per heavy atom. The van der Waals surface area contributed by atoms with Gasteiger partial charge in [0, 0.05) is 56.2 Å². The molecule has 0 N–H and O–H groups in total. The highest BCUT2D eigenvalue weighted by Gasteiger charge is 2.28. The Bertz CT molecular complexity index is 954. The third-order valence-corrected chi connectivity index (χ3v) is 6.10. The Morgan fingerprint density at radius 1 is 0.875 bits per heavy atom. The van der Waals surface area contributed by atoms with Gasteiger partial charge in [0.25, 0.3) is 5.91 Å². The van der Waals surface area contributed by atoms with Crippen molar-refractivity contribution < 1.29 is 19.1 Å². The first-order chi connectivity index (χ1) is 15.5. The molecule has 2 aliphatic rings. The molecule has 0 unspecified atom stereocenters. The minimum absolute atomic E-state index is 0.00180. The summed E-state index contributed by atoms with van der Waals surface area (Å²) in [5.74, 6) is 0.533. The van der Waals surface area contributed by atoms with Crippen LogP contribution in [-0.2, 0) is 16.1 Å². The van der Waals surface area contributed by atoms with Gasteiger partial charge in [-0.1, -0.05) is 23.7 Å². The van der Waals surface area contributed by atoms with Crippen molar-refractivity contribution in [3.63, 3.8) is 0 Å². The van der Waals surface area contributed by atoms with Crippen LogP contribution in [0.25, 0.3) is 0 Å². The number of carbonyl (C=O) groups excluding carboxylic acids is 3. The third kappa shape index (κ3) is 5.47. The summed E-state index contributed by atoms with van der Waals surface area (Å²) < 4.78 is 5.75. The van der Waals surface area contributed by atoms with Crippen molar-refractivity contribution in [2.45, 2.75) is 19.4 Å². The average Bonchev–Trinajstić information content (AvgIpc) is 3.13. The molecule has 0 aromatic heterocycles. The van der Waals surface area contributed by atoms with Crippen LogP contribution in [0.2, 0.25) is 5.02 Å². The van der Waals surface area contributed by atoms with Gasteiger partial charge in [0.15, 0.2) is 0 Å². The molecule has 0 bridgehead atoms. The van der Waals surface area contributed by atoms with Crippen LogP contribution in [0.4, 0.5) is 0 Å². The molecule has 2 fully saturated rings. The summed E-state index contributed by atoms with van der Waals surface area (Å²) in [6.45, 7) is 4.58. The molecule has 0 radical (unpaired) electrons. The van der Waals surface area contributed by atoms with Crippen molar-refractivity contribution in [3.05, 3.63) is 64.7 Å². The van der Waals surface area contributed by atoms with E-state index in [1.54, 1.807) is 24.3 Å². The van der Waals surface area contributed by atoms with Crippen molar-refractivity contribution >= 4 is 29.3 Å². The Morgan fingerprint density at radius 3 is 2.12 bits per heavy atom. The zero-order chi connectivity index (χ0) is 22.5. The van der Waals surface area contributed by atoms with Crippen LogP contribution < -0.4 is 4.74 Å². The number of halogens is 1. The van der Waals surface area contributed by atoms with Crippen molar-refractivity contribution in [2.75, 3.05) is 39.3 Å². The van der Waals surface area contributed by atoms with Gasteiger partial charge in [-0.25, -0.2) is 0 Å². The summed E-state index contributed by atoms with van der Waals surface area (Å²) in [6, 6.07) is 14.5. The maximum Gasteiger partial charge on any atom is 0.253 e. The molecule has 4 rings (SSSR count). The Labute approximate surface area is 192 Å². The Kier molecular flexibility index (Phi) is 7.07. The van der Waals surface area contributed by atoms with Crippen LogP contribution in [0, 0.1) is 0 Å². The molecule has 168 valence electrons. The van der Waals surface area contributed by atoms with Crippen molar-refractivity contribution in [3.8, 4) is 5.75 Å². The van der Waals surface area contributed by atoms with Crippen LogP contribution in [-0.4, -0.2) is 71.8 Å². The minimum Gasteiger partial charge on any atom is -0.492 e. The van der Waals surface area contributed by atoms with Crippen LogP contribution in [0.1, 0.15) is 28.8 Å². The molecule has 32 heavy (non-hydrogen) atoms. The van der Waals surface area contributed by atoms with E-state index >= 15 is 0 Å². The van der Waals surface area contributed by atoms with Crippen LogP contribution in [0.15, 0.2) is 48.5 Å². The zero-order valence-corrected chi connectivity index (χ0v) is 18.6. The summed E-state index contributed by atoms with van der Waals surface area (Å²) in [7, 11) is 0. The predicted octanol–water partition coefficient (Wildman–Crippen LogP) is 2.83. The fraction of sp³-hybridized carbons (Fsp3) is 0.375. The minimum atomic E-state index is -0.133. The number of likely N-dealkylation sites (tertiary alicyclic amines) is 1. The highest BCUT2D eigenvalue weighted by molar-refractivity contribution is 6.30. The summed E-state index contributed by atoms with van der Waals surface area (Å²) >= 11 is 5.88. The van der Waals surface area contributed by atoms with Gasteiger partial charge in [0.05, 0.1) is 6.54 Å². The summed E-state index contributed by atoms with van der Waals surface area (Å²) in [6.07, 6.45) is 0.573. The highest BCUT2D eigenvalue weighted by atomic mass is 35.5. The molecule has 2 aromatic rings. The second-order valence-corrected chi connectivity index (χ2v) is 8.44. The molecule has 7 nitrogen and oxygen atoms in total. The van der Waals surface area contributed by atoms with Crippen molar-refractivity contribution in [2.24, 2.45) is 0 Å². The number of ether oxygens (including phenoxy) is 1. The lowest BCUT2D eigenvalue weighted by atomic mass is 10.1. The molecular formula is C24H26ClN3O4. The number of amides is 3. The number of nitrogens with zero attached hydrogens (tertiary/aromatic N) is 3. The van der Waals surface area contributed by atoms with E-state index in [9.17, 15) is 14.4 Å². The zero-order valence-electron chi connectivity index (χ0n) is 17.8. The van der Waals surface area contributed by atoms with E-state index in [-0.39, 0.29) is 37.1 Å². The van der Waals surface area contributed by atoms with Gasteiger partial charge in [-0.15, -0.1) is 0 Å². The largest absolute Gasteiger partial charge is 0.492 e. The van der Waals surface area contributed by atoms with Crippen LogP contribution in [0.5, 0.6) is 5.75 Å². The van der Waals surface area contributed by atoms with Gasteiger partial charge in [0.2, 0.25) is 11.8 Å². The van der Waals surface area contributed by atoms with E-state index in [0.717, 1.165) is 30.9 Å². The number of piperazine rings is 1. The lowest BCUT2D eigenvalue weighted by molar-refractivity contribution is -0.139. The van der Waals surface area contributed by atoms with Crippen molar-refractivity contribution in [1.29, 1.82) is 0 Å². The molecule has 2 saturated heterocycles. The molecule has 0 atom stereocenters. The maximum absolute atomic E-state index is 12.8. The predicted molar refractivity (Wildman–Crippen MR) is 121 cm³/mol. The van der Waals surface area contributed by atoms with Gasteiger partial charge in [-0.3, -0.25) is 24.2 Å². The molecule has 2 aliphatic heterocycles. The summed E-state index contributed by atoms with van der Waals surface area (Å²) in [5.41, 5.74) is 1.46. The first-order valence-electron chi connectivity index (χ1n) is 10.8. The molecule has 0 aliphatic carbocycles. The van der Waals surface area contributed by atoms with Gasteiger partial charge < -0.3 is 9.64 Å². The van der Waals surface area contributed by atoms with E-state index in [0.29, 0.717) is 30.3 Å². The number of hydrogen-bond donors (Lipinski definition) is 0.